The van der Waals surface area contributed by atoms with Crippen LogP contribution in [-0.2, 0) is 0 Å². The third kappa shape index (κ3) is 2.90. The predicted octanol–water partition coefficient (Wildman–Crippen LogP) is 2.03. The van der Waals surface area contributed by atoms with Crippen LogP contribution in [0.15, 0.2) is 22.5 Å². The third-order valence-electron chi connectivity index (χ3n) is 3.11. The third-order valence-corrected chi connectivity index (χ3v) is 5.21. The van der Waals surface area contributed by atoms with E-state index >= 15 is 0 Å². The van der Waals surface area contributed by atoms with Crippen LogP contribution >= 0.6 is 23.1 Å². The van der Waals surface area contributed by atoms with E-state index in [1.54, 1.807) is 6.07 Å². The first-order valence-electron chi connectivity index (χ1n) is 6.29. The number of carbonyl (C=O) groups is 1. The van der Waals surface area contributed by atoms with Gasteiger partial charge in [-0.25, -0.2) is 0 Å². The molecule has 1 aromatic heterocycles. The first-order chi connectivity index (χ1) is 10.0. The van der Waals surface area contributed by atoms with Crippen LogP contribution in [0.3, 0.4) is 0 Å². The van der Waals surface area contributed by atoms with Gasteiger partial charge in [0, 0.05) is 17.1 Å². The van der Waals surface area contributed by atoms with E-state index in [2.05, 4.69) is 10.2 Å². The molecule has 0 saturated carbocycles. The smallest absolute Gasteiger partial charge is 0.524 e. The second kappa shape index (κ2) is 5.66. The van der Waals surface area contributed by atoms with Crippen molar-refractivity contribution in [2.45, 2.75) is 22.8 Å². The van der Waals surface area contributed by atoms with Crippen LogP contribution in [0.1, 0.15) is 28.1 Å². The van der Waals surface area contributed by atoms with Crippen LogP contribution in [0.4, 0.5) is 5.13 Å². The molecule has 108 valence electrons. The number of fused-ring (bicyclic) bond motifs is 1. The summed E-state index contributed by atoms with van der Waals surface area (Å²) < 4.78 is 6.19. The number of nitrogens with zero attached hydrogens (tertiary/aromatic N) is 2. The van der Waals surface area contributed by atoms with Crippen LogP contribution in [0, 0.1) is 0 Å². The Morgan fingerprint density at radius 2 is 2.38 bits per heavy atom. The number of carbonyl (C=O) groups excluding carboxylic acids is 1. The van der Waals surface area contributed by atoms with Crippen LogP contribution in [0.2, 0.25) is 6.32 Å². The lowest BCUT2D eigenvalue weighted by Gasteiger charge is -2.27. The van der Waals surface area contributed by atoms with Gasteiger partial charge < -0.3 is 15.4 Å². The summed E-state index contributed by atoms with van der Waals surface area (Å²) >= 11 is 2.76. The Bertz CT molecular complexity index is 694. The van der Waals surface area contributed by atoms with Crippen molar-refractivity contribution in [3.63, 3.8) is 0 Å². The average molecular weight is 321 g/mol. The van der Waals surface area contributed by atoms with Crippen LogP contribution in [0.5, 0.6) is 5.75 Å². The number of thioether (sulfide) groups is 1. The Hall–Kier alpha value is -1.58. The monoisotopic (exact) mass is 321 g/mol. The SMILES string of the molecule is CC(=O)c1cccc2c1OB(O)C[C@H]2Sc1nnc(N)s1. The van der Waals surface area contributed by atoms with Crippen LogP contribution < -0.4 is 10.4 Å². The number of Topliss-reactive ketones (excluding diaryl/α,β-unsaturated/α-hetero) is 1. The number of benzene rings is 1. The fourth-order valence-corrected chi connectivity index (χ4v) is 4.26. The summed E-state index contributed by atoms with van der Waals surface area (Å²) in [5.74, 6) is 0.364. The van der Waals surface area contributed by atoms with Crippen LogP contribution in [0.25, 0.3) is 0 Å². The topological polar surface area (TPSA) is 98.3 Å². The summed E-state index contributed by atoms with van der Waals surface area (Å²) in [6.07, 6.45) is 0.415. The number of nitrogen functional groups attached to an aromatic ring is 1. The van der Waals surface area contributed by atoms with Crippen LogP contribution in [-0.4, -0.2) is 28.1 Å². The molecule has 6 nitrogen and oxygen atoms in total. The summed E-state index contributed by atoms with van der Waals surface area (Å²) in [4.78, 5) is 11.7. The van der Waals surface area contributed by atoms with Gasteiger partial charge in [-0.15, -0.1) is 10.2 Å². The highest BCUT2D eigenvalue weighted by Gasteiger charge is 2.34. The number of hydrogen-bond donors (Lipinski definition) is 2. The van der Waals surface area contributed by atoms with Gasteiger partial charge in [0.25, 0.3) is 0 Å². The number of rotatable bonds is 3. The molecule has 21 heavy (non-hydrogen) atoms. The summed E-state index contributed by atoms with van der Waals surface area (Å²) in [5.41, 5.74) is 6.94. The molecule has 2 aromatic rings. The van der Waals surface area contributed by atoms with E-state index in [0.29, 0.717) is 22.8 Å². The number of para-hydroxylation sites is 1. The van der Waals surface area contributed by atoms with E-state index < -0.39 is 7.12 Å². The van der Waals surface area contributed by atoms with Gasteiger partial charge in [-0.1, -0.05) is 35.2 Å². The molecule has 0 amide bonds. The quantitative estimate of drug-likeness (QED) is 0.659. The second-order valence-corrected chi connectivity index (χ2v) is 7.06. The minimum atomic E-state index is -0.944. The standard InChI is InChI=1S/C12H12BN3O3S2/c1-6(17)7-3-2-4-8-9(5-13(18)19-10(7)8)20-12-16-15-11(14)21-12/h2-4,9,18H,5H2,1H3,(H2,14,15)/t9-/m1/s1. The molecule has 2 heterocycles. The number of hydrogen-bond acceptors (Lipinski definition) is 8. The Morgan fingerprint density at radius 3 is 3.05 bits per heavy atom. The first kappa shape index (κ1) is 14.4. The number of ketones is 1. The zero-order chi connectivity index (χ0) is 15.0. The van der Waals surface area contributed by atoms with E-state index in [1.165, 1.54) is 30.0 Å². The predicted molar refractivity (Wildman–Crippen MR) is 82.8 cm³/mol. The normalized spacial score (nSPS) is 17.2. The molecule has 9 heteroatoms. The first-order valence-corrected chi connectivity index (χ1v) is 7.98. The summed E-state index contributed by atoms with van der Waals surface area (Å²) in [6.45, 7) is 1.48. The van der Waals surface area contributed by atoms with Crippen molar-refractivity contribution in [3.8, 4) is 5.75 Å². The minimum Gasteiger partial charge on any atom is -0.535 e. The second-order valence-electron chi connectivity index (χ2n) is 4.60. The van der Waals surface area contributed by atoms with Gasteiger partial charge in [0.1, 0.15) is 5.75 Å². The lowest BCUT2D eigenvalue weighted by Crippen LogP contribution is -2.29. The highest BCUT2D eigenvalue weighted by Crippen LogP contribution is 2.47. The van der Waals surface area contributed by atoms with Gasteiger partial charge in [-0.3, -0.25) is 4.79 Å². The Kier molecular flexibility index (Phi) is 3.88. The fourth-order valence-electron chi connectivity index (χ4n) is 2.21. The largest absolute Gasteiger partial charge is 0.535 e. The lowest BCUT2D eigenvalue weighted by atomic mass is 9.77. The maximum absolute atomic E-state index is 11.7. The van der Waals surface area contributed by atoms with Gasteiger partial charge >= 0.3 is 7.12 Å². The molecule has 0 bridgehead atoms. The molecule has 0 saturated heterocycles. The van der Waals surface area contributed by atoms with Crippen molar-refractivity contribution in [1.29, 1.82) is 0 Å². The van der Waals surface area contributed by atoms with Crippen molar-refractivity contribution in [3.05, 3.63) is 29.3 Å². The van der Waals surface area contributed by atoms with E-state index in [9.17, 15) is 9.82 Å². The van der Waals surface area contributed by atoms with E-state index in [1.807, 2.05) is 12.1 Å². The molecule has 0 spiro atoms. The number of nitrogens with two attached hydrogens (primary N) is 1. The summed E-state index contributed by atoms with van der Waals surface area (Å²) in [5, 5.41) is 18.0. The van der Waals surface area contributed by atoms with Gasteiger partial charge in [0.15, 0.2) is 10.1 Å². The van der Waals surface area contributed by atoms with Crippen molar-refractivity contribution >= 4 is 41.1 Å². The zero-order valence-electron chi connectivity index (χ0n) is 11.1. The van der Waals surface area contributed by atoms with Crippen molar-refractivity contribution < 1.29 is 14.5 Å². The lowest BCUT2D eigenvalue weighted by molar-refractivity contribution is 0.101. The maximum atomic E-state index is 11.7. The maximum Gasteiger partial charge on any atom is 0.524 e. The van der Waals surface area contributed by atoms with Gasteiger partial charge in [0.2, 0.25) is 5.13 Å². The molecule has 1 aliphatic rings. The van der Waals surface area contributed by atoms with E-state index in [-0.39, 0.29) is 11.0 Å². The molecule has 3 rings (SSSR count). The summed E-state index contributed by atoms with van der Waals surface area (Å²) in [6, 6.07) is 5.41. The van der Waals surface area contributed by atoms with Crippen molar-refractivity contribution in [1.82, 2.24) is 10.2 Å². The average Bonchev–Trinajstić information content (AvgIpc) is 2.83. The molecule has 1 aromatic carbocycles. The molecule has 0 fully saturated rings. The highest BCUT2D eigenvalue weighted by atomic mass is 32.2. The zero-order valence-corrected chi connectivity index (χ0v) is 12.8. The fraction of sp³-hybridized carbons (Fsp3) is 0.250. The van der Waals surface area contributed by atoms with Crippen molar-refractivity contribution in [2.75, 3.05) is 5.73 Å². The molecular formula is C12H12BN3O3S2. The molecule has 1 atom stereocenters. The van der Waals surface area contributed by atoms with Crippen molar-refractivity contribution in [2.24, 2.45) is 0 Å². The molecule has 0 unspecified atom stereocenters. The van der Waals surface area contributed by atoms with Gasteiger partial charge in [-0.05, 0) is 13.0 Å². The van der Waals surface area contributed by atoms with E-state index in [0.717, 1.165) is 9.90 Å². The molecule has 0 radical (unpaired) electrons. The van der Waals surface area contributed by atoms with Gasteiger partial charge in [0.05, 0.1) is 5.56 Å². The van der Waals surface area contributed by atoms with E-state index in [4.69, 9.17) is 10.4 Å². The molecular weight excluding hydrogens is 309 g/mol. The molecule has 0 aliphatic carbocycles. The Labute approximate surface area is 129 Å². The number of anilines is 1. The minimum absolute atomic E-state index is 0.0598. The summed E-state index contributed by atoms with van der Waals surface area (Å²) in [7, 11) is -0.944. The highest BCUT2D eigenvalue weighted by molar-refractivity contribution is 8.01. The number of aromatic nitrogens is 2. The molecule has 1 aliphatic heterocycles. The van der Waals surface area contributed by atoms with Gasteiger partial charge in [-0.2, -0.15) is 0 Å². The Balaban J connectivity index is 1.97. The Morgan fingerprint density at radius 1 is 1.57 bits per heavy atom. The molecule has 3 N–H and O–H groups in total.